The van der Waals surface area contributed by atoms with Crippen molar-refractivity contribution in [3.63, 3.8) is 0 Å². The minimum Gasteiger partial charge on any atom is -0.384 e. The van der Waals surface area contributed by atoms with Crippen LogP contribution in [0.15, 0.2) is 41.7 Å². The number of carbonyl (C=O) groups is 1. The first-order valence-corrected chi connectivity index (χ1v) is 7.80. The second-order valence-corrected chi connectivity index (χ2v) is 6.40. The molecule has 0 amide bonds. The molecule has 3 rings (SSSR count). The largest absolute Gasteiger partial charge is 0.384 e. The van der Waals surface area contributed by atoms with E-state index in [0.717, 1.165) is 16.6 Å². The number of H-pyrrole nitrogens is 1. The van der Waals surface area contributed by atoms with E-state index < -0.39 is 0 Å². The molecule has 0 radical (unpaired) electrons. The van der Waals surface area contributed by atoms with Gasteiger partial charge in [0, 0.05) is 34.4 Å². The number of nitrogens with zero attached hydrogens (tertiary/aromatic N) is 2. The fourth-order valence-electron chi connectivity index (χ4n) is 2.32. The predicted molar refractivity (Wildman–Crippen MR) is 89.1 cm³/mol. The van der Waals surface area contributed by atoms with Gasteiger partial charge in [0.2, 0.25) is 0 Å². The first kappa shape index (κ1) is 14.6. The van der Waals surface area contributed by atoms with Crippen LogP contribution in [0.25, 0.3) is 10.9 Å². The number of carbonyl (C=O) groups excluding carboxylic acids is 1. The maximum atomic E-state index is 12.7. The summed E-state index contributed by atoms with van der Waals surface area (Å²) in [6, 6.07) is 9.46. The smallest absolute Gasteiger partial charge is 0.190 e. The van der Waals surface area contributed by atoms with Crippen LogP contribution in [0.2, 0.25) is 0 Å². The average molecular weight is 312 g/mol. The quantitative estimate of drug-likeness (QED) is 0.439. The normalized spacial score (nSPS) is 12.5. The van der Waals surface area contributed by atoms with E-state index in [-0.39, 0.29) is 11.0 Å². The van der Waals surface area contributed by atoms with Crippen molar-refractivity contribution < 1.29 is 4.79 Å². The van der Waals surface area contributed by atoms with Gasteiger partial charge in [0.05, 0.1) is 5.25 Å². The van der Waals surface area contributed by atoms with Crippen LogP contribution >= 0.6 is 11.8 Å². The molecule has 0 aliphatic heterocycles. The second kappa shape index (κ2) is 5.81. The number of rotatable bonds is 4. The summed E-state index contributed by atoms with van der Waals surface area (Å²) in [6.07, 6.45) is 1.76. The highest BCUT2D eigenvalue weighted by Crippen LogP contribution is 2.26. The molecule has 2 heterocycles. The first-order chi connectivity index (χ1) is 10.5. The van der Waals surface area contributed by atoms with Gasteiger partial charge in [-0.25, -0.2) is 9.97 Å². The van der Waals surface area contributed by atoms with Gasteiger partial charge in [0.1, 0.15) is 5.82 Å². The zero-order valence-corrected chi connectivity index (χ0v) is 13.1. The molecule has 0 fully saturated rings. The van der Waals surface area contributed by atoms with Crippen LogP contribution in [0.5, 0.6) is 0 Å². The zero-order chi connectivity index (χ0) is 15.7. The van der Waals surface area contributed by atoms with Crippen molar-refractivity contribution in [2.45, 2.75) is 24.3 Å². The Morgan fingerprint density at radius 1 is 1.32 bits per heavy atom. The minimum absolute atomic E-state index is 0.0473. The molecule has 5 nitrogen and oxygen atoms in total. The Bertz CT molecular complexity index is 823. The third kappa shape index (κ3) is 2.82. The molecule has 0 aliphatic carbocycles. The molecular formula is C16H16N4OS. The number of ketones is 1. The number of aryl methyl sites for hydroxylation is 1. The number of nitrogens with two attached hydrogens (primary N) is 1. The Morgan fingerprint density at radius 3 is 2.86 bits per heavy atom. The molecule has 1 unspecified atom stereocenters. The van der Waals surface area contributed by atoms with E-state index in [9.17, 15) is 4.79 Å². The molecule has 112 valence electrons. The molecule has 0 saturated carbocycles. The molecule has 1 atom stereocenters. The SMILES string of the molecule is Cc1cc(N)nc(SC(C)C(=O)c2c[nH]c3ccccc23)n1. The molecule has 2 aromatic heterocycles. The number of Topliss-reactive ketones (excluding diaryl/α,β-unsaturated/α-hetero) is 1. The molecule has 1 aromatic carbocycles. The number of nitrogen functional groups attached to an aromatic ring is 1. The van der Waals surface area contributed by atoms with E-state index in [1.54, 1.807) is 12.3 Å². The van der Waals surface area contributed by atoms with Crippen molar-refractivity contribution >= 4 is 34.3 Å². The lowest BCUT2D eigenvalue weighted by Crippen LogP contribution is -2.14. The molecule has 22 heavy (non-hydrogen) atoms. The summed E-state index contributed by atoms with van der Waals surface area (Å²) in [7, 11) is 0. The van der Waals surface area contributed by atoms with Crippen molar-refractivity contribution in [2.24, 2.45) is 0 Å². The fraction of sp³-hybridized carbons (Fsp3) is 0.188. The standard InChI is InChI=1S/C16H16N4OS/c1-9-7-14(17)20-16(19-9)22-10(2)15(21)12-8-18-13-6-4-3-5-11(12)13/h3-8,10,18H,1-2H3,(H2,17,19,20). The Labute approximate surface area is 132 Å². The molecule has 0 saturated heterocycles. The number of benzene rings is 1. The van der Waals surface area contributed by atoms with Crippen LogP contribution in [0, 0.1) is 6.92 Å². The fourth-order valence-corrected chi connectivity index (χ4v) is 3.23. The Hall–Kier alpha value is -2.34. The molecule has 6 heteroatoms. The summed E-state index contributed by atoms with van der Waals surface area (Å²) in [5.74, 6) is 0.466. The summed E-state index contributed by atoms with van der Waals surface area (Å²) in [5.41, 5.74) is 8.17. The Morgan fingerprint density at radius 2 is 2.09 bits per heavy atom. The van der Waals surface area contributed by atoms with Gasteiger partial charge < -0.3 is 10.7 Å². The van der Waals surface area contributed by atoms with E-state index in [0.29, 0.717) is 16.5 Å². The van der Waals surface area contributed by atoms with Crippen molar-refractivity contribution in [1.29, 1.82) is 0 Å². The number of hydrogen-bond acceptors (Lipinski definition) is 5. The van der Waals surface area contributed by atoms with Gasteiger partial charge in [-0.1, -0.05) is 30.0 Å². The van der Waals surface area contributed by atoms with Crippen molar-refractivity contribution in [3.05, 3.63) is 47.8 Å². The van der Waals surface area contributed by atoms with Crippen molar-refractivity contribution in [1.82, 2.24) is 15.0 Å². The second-order valence-electron chi connectivity index (χ2n) is 5.09. The lowest BCUT2D eigenvalue weighted by molar-refractivity contribution is 0.0995. The van der Waals surface area contributed by atoms with Crippen molar-refractivity contribution in [2.75, 3.05) is 5.73 Å². The van der Waals surface area contributed by atoms with Crippen LogP contribution in [-0.2, 0) is 0 Å². The third-order valence-electron chi connectivity index (χ3n) is 3.36. The number of thioether (sulfide) groups is 1. The van der Waals surface area contributed by atoms with Crippen LogP contribution in [0.3, 0.4) is 0 Å². The van der Waals surface area contributed by atoms with E-state index in [1.165, 1.54) is 11.8 Å². The van der Waals surface area contributed by atoms with E-state index >= 15 is 0 Å². The zero-order valence-electron chi connectivity index (χ0n) is 12.3. The van der Waals surface area contributed by atoms with Gasteiger partial charge in [0.25, 0.3) is 0 Å². The van der Waals surface area contributed by atoms with Gasteiger partial charge in [-0.15, -0.1) is 0 Å². The van der Waals surface area contributed by atoms with Crippen LogP contribution in [-0.4, -0.2) is 26.0 Å². The van der Waals surface area contributed by atoms with E-state index in [4.69, 9.17) is 5.73 Å². The van der Waals surface area contributed by atoms with Crippen LogP contribution in [0.1, 0.15) is 23.0 Å². The lowest BCUT2D eigenvalue weighted by atomic mass is 10.1. The maximum absolute atomic E-state index is 12.7. The summed E-state index contributed by atoms with van der Waals surface area (Å²) in [6.45, 7) is 3.71. The number of aromatic amines is 1. The summed E-state index contributed by atoms with van der Waals surface area (Å²) in [4.78, 5) is 24.3. The minimum atomic E-state index is -0.291. The highest BCUT2D eigenvalue weighted by molar-refractivity contribution is 8.00. The maximum Gasteiger partial charge on any atom is 0.190 e. The average Bonchev–Trinajstić information content (AvgIpc) is 2.89. The highest BCUT2D eigenvalue weighted by Gasteiger charge is 2.21. The van der Waals surface area contributed by atoms with Crippen LogP contribution < -0.4 is 5.73 Å². The number of aromatic nitrogens is 3. The van der Waals surface area contributed by atoms with Gasteiger partial charge in [0.15, 0.2) is 10.9 Å². The number of para-hydroxylation sites is 1. The van der Waals surface area contributed by atoms with Gasteiger partial charge >= 0.3 is 0 Å². The molecule has 0 aliphatic rings. The number of nitrogens with one attached hydrogen (secondary N) is 1. The van der Waals surface area contributed by atoms with E-state index in [2.05, 4.69) is 15.0 Å². The number of fused-ring (bicyclic) bond motifs is 1. The monoisotopic (exact) mass is 312 g/mol. The van der Waals surface area contributed by atoms with Crippen LogP contribution in [0.4, 0.5) is 5.82 Å². The first-order valence-electron chi connectivity index (χ1n) is 6.93. The van der Waals surface area contributed by atoms with Gasteiger partial charge in [-0.2, -0.15) is 0 Å². The molecule has 3 N–H and O–H groups in total. The topological polar surface area (TPSA) is 84.7 Å². The highest BCUT2D eigenvalue weighted by atomic mass is 32.2. The lowest BCUT2D eigenvalue weighted by Gasteiger charge is -2.09. The molecular weight excluding hydrogens is 296 g/mol. The van der Waals surface area contributed by atoms with E-state index in [1.807, 2.05) is 38.1 Å². The summed E-state index contributed by atoms with van der Waals surface area (Å²) < 4.78 is 0. The molecule has 0 spiro atoms. The van der Waals surface area contributed by atoms with Gasteiger partial charge in [-0.3, -0.25) is 4.79 Å². The van der Waals surface area contributed by atoms with Gasteiger partial charge in [-0.05, 0) is 19.9 Å². The molecule has 0 bridgehead atoms. The third-order valence-corrected chi connectivity index (χ3v) is 4.32. The summed E-state index contributed by atoms with van der Waals surface area (Å²) in [5, 5.41) is 1.17. The summed E-state index contributed by atoms with van der Waals surface area (Å²) >= 11 is 1.32. The Balaban J connectivity index is 1.85. The molecule has 3 aromatic rings. The number of hydrogen-bond donors (Lipinski definition) is 2. The number of anilines is 1. The Kier molecular flexibility index (Phi) is 3.85. The van der Waals surface area contributed by atoms with Crippen molar-refractivity contribution in [3.8, 4) is 0 Å². The predicted octanol–water partition coefficient (Wildman–Crippen LogP) is 3.21.